The summed E-state index contributed by atoms with van der Waals surface area (Å²) in [5.74, 6) is 0.631. The van der Waals surface area contributed by atoms with Crippen LogP contribution in [-0.2, 0) is 10.0 Å². The number of sulfonamides is 1. The van der Waals surface area contributed by atoms with Crippen LogP contribution in [0.15, 0.2) is 71.0 Å². The Morgan fingerprint density at radius 2 is 1.97 bits per heavy atom. The van der Waals surface area contributed by atoms with Gasteiger partial charge in [0.2, 0.25) is 0 Å². The molecule has 0 saturated heterocycles. The fourth-order valence-corrected chi connectivity index (χ4v) is 6.26. The van der Waals surface area contributed by atoms with Crippen molar-refractivity contribution in [2.24, 2.45) is 0 Å². The van der Waals surface area contributed by atoms with E-state index in [0.29, 0.717) is 23.5 Å². The van der Waals surface area contributed by atoms with Crippen LogP contribution in [0, 0.1) is 11.3 Å². The Balaban J connectivity index is 1.61. The van der Waals surface area contributed by atoms with Crippen LogP contribution in [0.3, 0.4) is 0 Å². The molecule has 1 aliphatic heterocycles. The lowest BCUT2D eigenvalue weighted by Crippen LogP contribution is -2.35. The van der Waals surface area contributed by atoms with Gasteiger partial charge in [0.05, 0.1) is 45.8 Å². The molecule has 2 aromatic carbocycles. The smallest absolute Gasteiger partial charge is 0.264 e. The minimum absolute atomic E-state index is 0.156. The average Bonchev–Trinajstić information content (AvgIpc) is 3.26. The van der Waals surface area contributed by atoms with Crippen LogP contribution in [0.4, 0.5) is 5.69 Å². The van der Waals surface area contributed by atoms with Gasteiger partial charge < -0.3 is 4.98 Å². The molecule has 5 rings (SSSR count). The Hall–Kier alpha value is -3.35. The molecule has 1 aliphatic rings. The van der Waals surface area contributed by atoms with Crippen molar-refractivity contribution < 1.29 is 8.42 Å². The van der Waals surface area contributed by atoms with Crippen LogP contribution in [0.25, 0.3) is 22.2 Å². The van der Waals surface area contributed by atoms with E-state index in [1.165, 1.54) is 28.6 Å². The molecule has 0 unspecified atom stereocenters. The van der Waals surface area contributed by atoms with Crippen molar-refractivity contribution in [3.63, 3.8) is 0 Å². The van der Waals surface area contributed by atoms with Crippen LogP contribution in [0.2, 0.25) is 0 Å². The lowest BCUT2D eigenvalue weighted by atomic mass is 10.1. The summed E-state index contributed by atoms with van der Waals surface area (Å²) < 4.78 is 28.1. The molecule has 0 aliphatic carbocycles. The number of hydrogen-bond donors (Lipinski definition) is 1. The highest BCUT2D eigenvalue weighted by Crippen LogP contribution is 2.43. The summed E-state index contributed by atoms with van der Waals surface area (Å²) in [6.07, 6.45) is 5.01. The summed E-state index contributed by atoms with van der Waals surface area (Å²) in [4.78, 5) is 12.7. The van der Waals surface area contributed by atoms with Gasteiger partial charge in [-0.2, -0.15) is 5.26 Å². The Morgan fingerprint density at radius 3 is 2.77 bits per heavy atom. The predicted molar refractivity (Wildman–Crippen MR) is 116 cm³/mol. The average molecular weight is 434 g/mol. The maximum Gasteiger partial charge on any atom is 0.264 e. The molecule has 9 heteroatoms. The quantitative estimate of drug-likeness (QED) is 0.527. The van der Waals surface area contributed by atoms with E-state index >= 15 is 0 Å². The molecule has 0 saturated carbocycles. The van der Waals surface area contributed by atoms with Gasteiger partial charge >= 0.3 is 0 Å². The highest BCUT2D eigenvalue weighted by molar-refractivity contribution is 8.00. The molecule has 0 spiro atoms. The number of fused-ring (bicyclic) bond motifs is 2. The van der Waals surface area contributed by atoms with Crippen molar-refractivity contribution in [1.29, 1.82) is 5.26 Å². The number of benzene rings is 2. The third-order valence-corrected chi connectivity index (χ3v) is 7.92. The second-order valence-electron chi connectivity index (χ2n) is 6.73. The third kappa shape index (κ3) is 3.01. The highest BCUT2D eigenvalue weighted by atomic mass is 32.2. The Morgan fingerprint density at radius 1 is 1.13 bits per heavy atom. The number of nitrogens with zero attached hydrogens (tertiary/aromatic N) is 4. The van der Waals surface area contributed by atoms with Crippen LogP contribution >= 0.6 is 11.8 Å². The van der Waals surface area contributed by atoms with Gasteiger partial charge in [-0.05, 0) is 42.0 Å². The molecule has 0 fully saturated rings. The number of anilines is 1. The van der Waals surface area contributed by atoms with E-state index in [2.05, 4.69) is 15.0 Å². The number of imidazole rings is 1. The summed E-state index contributed by atoms with van der Waals surface area (Å²) in [7, 11) is -3.77. The molecule has 0 radical (unpaired) electrons. The van der Waals surface area contributed by atoms with Crippen molar-refractivity contribution in [1.82, 2.24) is 15.0 Å². The predicted octanol–water partition coefficient (Wildman–Crippen LogP) is 3.80. The third-order valence-electron chi connectivity index (χ3n) is 4.99. The fourth-order valence-electron chi connectivity index (χ4n) is 3.51. The summed E-state index contributed by atoms with van der Waals surface area (Å²) in [6.45, 7) is 0.352. The minimum atomic E-state index is -3.77. The number of hydrogen-bond acceptors (Lipinski definition) is 6. The number of nitriles is 1. The lowest BCUT2D eigenvalue weighted by Gasteiger charge is -2.30. The zero-order valence-corrected chi connectivity index (χ0v) is 17.2. The number of rotatable bonds is 3. The highest BCUT2D eigenvalue weighted by Gasteiger charge is 2.31. The first-order valence-electron chi connectivity index (χ1n) is 9.15. The molecular weight excluding hydrogens is 418 g/mol. The number of aromatic amines is 1. The van der Waals surface area contributed by atoms with Gasteiger partial charge in [0.1, 0.15) is 0 Å². The second-order valence-corrected chi connectivity index (χ2v) is 9.70. The summed E-state index contributed by atoms with van der Waals surface area (Å²) in [5.41, 5.74) is 4.59. The van der Waals surface area contributed by atoms with E-state index in [-0.39, 0.29) is 4.90 Å². The van der Waals surface area contributed by atoms with Crippen LogP contribution < -0.4 is 4.31 Å². The van der Waals surface area contributed by atoms with Gasteiger partial charge in [0.15, 0.2) is 0 Å². The maximum atomic E-state index is 13.3. The monoisotopic (exact) mass is 433 g/mol. The Labute approximate surface area is 177 Å². The first-order valence-corrected chi connectivity index (χ1v) is 11.6. The van der Waals surface area contributed by atoms with Gasteiger partial charge in [-0.1, -0.05) is 6.07 Å². The summed E-state index contributed by atoms with van der Waals surface area (Å²) in [5, 5.41) is 8.97. The topological polar surface area (TPSA) is 103 Å². The normalized spacial score (nSPS) is 13.8. The molecule has 0 atom stereocenters. The zero-order valence-electron chi connectivity index (χ0n) is 15.6. The molecule has 0 amide bonds. The molecule has 2 aromatic heterocycles. The molecule has 0 bridgehead atoms. The van der Waals surface area contributed by atoms with Crippen molar-refractivity contribution in [2.75, 3.05) is 16.6 Å². The van der Waals surface area contributed by atoms with Crippen molar-refractivity contribution >= 4 is 38.5 Å². The van der Waals surface area contributed by atoms with Crippen molar-refractivity contribution in [3.8, 4) is 17.2 Å². The van der Waals surface area contributed by atoms with Gasteiger partial charge in [-0.15, -0.1) is 11.8 Å². The fraction of sp³-hybridized carbons (Fsp3) is 0.0952. The number of thioether (sulfide) groups is 1. The molecule has 148 valence electrons. The van der Waals surface area contributed by atoms with Crippen molar-refractivity contribution in [2.45, 2.75) is 9.79 Å². The number of pyridine rings is 1. The van der Waals surface area contributed by atoms with E-state index in [4.69, 9.17) is 5.26 Å². The standard InChI is InChI=1S/C21H15N5O2S2/c22-10-14-1-4-16(5-2-14)30(27,28)26-7-8-29-21-17(11-23-12-20(21)26)15-3-6-18-19(9-15)25-13-24-18/h1-6,9,11-13H,7-8H2,(H,24,25). The largest absolute Gasteiger partial charge is 0.345 e. The van der Waals surface area contributed by atoms with Gasteiger partial charge in [0.25, 0.3) is 10.0 Å². The molecular formula is C21H15N5O2S2. The first kappa shape index (κ1) is 18.7. The number of nitrogens with one attached hydrogen (secondary N) is 1. The lowest BCUT2D eigenvalue weighted by molar-refractivity contribution is 0.591. The van der Waals surface area contributed by atoms with E-state index in [1.807, 2.05) is 24.3 Å². The van der Waals surface area contributed by atoms with Crippen LogP contribution in [-0.4, -0.2) is 35.7 Å². The number of aromatic nitrogens is 3. The van der Waals surface area contributed by atoms with Gasteiger partial charge in [-0.3, -0.25) is 9.29 Å². The Bertz CT molecular complexity index is 1410. The number of H-pyrrole nitrogens is 1. The second kappa shape index (κ2) is 7.16. The molecule has 4 aromatic rings. The van der Waals surface area contributed by atoms with Crippen LogP contribution in [0.1, 0.15) is 5.56 Å². The first-order chi connectivity index (χ1) is 14.6. The van der Waals surface area contributed by atoms with Gasteiger partial charge in [0, 0.05) is 29.0 Å². The molecule has 30 heavy (non-hydrogen) atoms. The SMILES string of the molecule is N#Cc1ccc(S(=O)(=O)N2CCSc3c(-c4ccc5nc[nH]c5c4)cncc32)cc1. The van der Waals surface area contributed by atoms with E-state index in [9.17, 15) is 8.42 Å². The summed E-state index contributed by atoms with van der Waals surface area (Å²) >= 11 is 1.62. The minimum Gasteiger partial charge on any atom is -0.345 e. The molecule has 7 nitrogen and oxygen atoms in total. The zero-order chi connectivity index (χ0) is 20.7. The Kier molecular flexibility index (Phi) is 4.46. The van der Waals surface area contributed by atoms with Crippen LogP contribution in [0.5, 0.6) is 0 Å². The summed E-state index contributed by atoms with van der Waals surface area (Å²) in [6, 6.07) is 13.9. The maximum absolute atomic E-state index is 13.3. The molecule has 3 heterocycles. The van der Waals surface area contributed by atoms with E-state index in [1.54, 1.807) is 30.5 Å². The molecule has 1 N–H and O–H groups in total. The van der Waals surface area contributed by atoms with E-state index < -0.39 is 10.0 Å². The van der Waals surface area contributed by atoms with Crippen molar-refractivity contribution in [3.05, 3.63) is 66.7 Å². The van der Waals surface area contributed by atoms with E-state index in [0.717, 1.165) is 27.1 Å². The van der Waals surface area contributed by atoms with Gasteiger partial charge in [-0.25, -0.2) is 13.4 Å².